The number of likely N-dealkylation sites (tertiary alicyclic amines) is 1. The third-order valence-electron chi connectivity index (χ3n) is 4.72. The molecule has 0 bridgehead atoms. The predicted octanol–water partition coefficient (Wildman–Crippen LogP) is 2.11. The summed E-state index contributed by atoms with van der Waals surface area (Å²) in [7, 11) is 0. The van der Waals surface area contributed by atoms with Crippen LogP contribution in [0.25, 0.3) is 11.3 Å². The third-order valence-corrected chi connectivity index (χ3v) is 4.72. The minimum Gasteiger partial charge on any atom is -0.448 e. The fraction of sp³-hybridized carbons (Fsp3) is 0.200. The summed E-state index contributed by atoms with van der Waals surface area (Å²) < 4.78 is 5.48. The number of aromatic nitrogens is 3. The Hall–Kier alpha value is -3.68. The Labute approximate surface area is 161 Å². The Morgan fingerprint density at radius 2 is 2.11 bits per heavy atom. The SMILES string of the molecule is C=CC(=O)N1CC(c2ocnc2CNC(=O)c2cc(-c3ccccc3)n[nH]2)C1. The number of H-pyrrole nitrogens is 1. The fourth-order valence-corrected chi connectivity index (χ4v) is 3.15. The molecule has 1 aliphatic rings. The van der Waals surface area contributed by atoms with E-state index in [-0.39, 0.29) is 24.3 Å². The normalized spacial score (nSPS) is 13.8. The van der Waals surface area contributed by atoms with E-state index in [0.717, 1.165) is 5.56 Å². The fourth-order valence-electron chi connectivity index (χ4n) is 3.15. The van der Waals surface area contributed by atoms with Crippen LogP contribution >= 0.6 is 0 Å². The first-order valence-electron chi connectivity index (χ1n) is 8.88. The molecular formula is C20H19N5O3. The molecule has 1 saturated heterocycles. The Balaban J connectivity index is 1.36. The lowest BCUT2D eigenvalue weighted by Gasteiger charge is -2.37. The van der Waals surface area contributed by atoms with Crippen LogP contribution in [-0.2, 0) is 11.3 Å². The van der Waals surface area contributed by atoms with Crippen LogP contribution in [0.4, 0.5) is 0 Å². The average Bonchev–Trinajstić information content (AvgIpc) is 3.35. The number of hydrogen-bond acceptors (Lipinski definition) is 5. The van der Waals surface area contributed by atoms with Crippen LogP contribution in [0.3, 0.4) is 0 Å². The van der Waals surface area contributed by atoms with E-state index in [1.54, 1.807) is 11.0 Å². The van der Waals surface area contributed by atoms with Crippen LogP contribution < -0.4 is 5.32 Å². The number of hydrogen-bond donors (Lipinski definition) is 2. The second-order valence-corrected chi connectivity index (χ2v) is 6.52. The van der Waals surface area contributed by atoms with E-state index in [4.69, 9.17) is 4.42 Å². The molecule has 0 atom stereocenters. The molecule has 3 heterocycles. The largest absolute Gasteiger partial charge is 0.448 e. The van der Waals surface area contributed by atoms with Gasteiger partial charge < -0.3 is 14.6 Å². The number of benzene rings is 1. The van der Waals surface area contributed by atoms with Crippen molar-refractivity contribution in [2.24, 2.45) is 0 Å². The molecule has 4 rings (SSSR count). The van der Waals surface area contributed by atoms with E-state index in [1.165, 1.54) is 12.5 Å². The average molecular weight is 377 g/mol. The molecule has 28 heavy (non-hydrogen) atoms. The second kappa shape index (κ2) is 7.51. The highest BCUT2D eigenvalue weighted by Crippen LogP contribution is 2.29. The molecule has 142 valence electrons. The lowest BCUT2D eigenvalue weighted by atomic mass is 9.95. The molecule has 0 radical (unpaired) electrons. The van der Waals surface area contributed by atoms with E-state index in [0.29, 0.717) is 35.9 Å². The molecule has 2 N–H and O–H groups in total. The topological polar surface area (TPSA) is 104 Å². The van der Waals surface area contributed by atoms with Gasteiger partial charge in [-0.2, -0.15) is 5.10 Å². The molecular weight excluding hydrogens is 358 g/mol. The van der Waals surface area contributed by atoms with Gasteiger partial charge in [0.05, 0.1) is 18.2 Å². The predicted molar refractivity (Wildman–Crippen MR) is 101 cm³/mol. The zero-order valence-corrected chi connectivity index (χ0v) is 15.1. The van der Waals surface area contributed by atoms with Crippen molar-refractivity contribution in [2.45, 2.75) is 12.5 Å². The lowest BCUT2D eigenvalue weighted by molar-refractivity contribution is -0.130. The summed E-state index contributed by atoms with van der Waals surface area (Å²) in [5.41, 5.74) is 2.66. The first-order valence-corrected chi connectivity index (χ1v) is 8.88. The number of rotatable bonds is 6. The third kappa shape index (κ3) is 3.44. The first kappa shape index (κ1) is 17.7. The molecule has 1 aromatic carbocycles. The molecule has 8 heteroatoms. The van der Waals surface area contributed by atoms with Gasteiger partial charge in [0.15, 0.2) is 6.39 Å². The standard InChI is InChI=1S/C20H19N5O3/c1-2-18(26)25-10-14(11-25)19-17(22-12-28-19)9-21-20(27)16-8-15(23-24-16)13-6-4-3-5-7-13/h2-8,12,14H,1,9-11H2,(H,21,27)(H,23,24). The second-order valence-electron chi connectivity index (χ2n) is 6.52. The summed E-state index contributed by atoms with van der Waals surface area (Å²) in [4.78, 5) is 29.9. The van der Waals surface area contributed by atoms with E-state index < -0.39 is 0 Å². The van der Waals surface area contributed by atoms with E-state index >= 15 is 0 Å². The summed E-state index contributed by atoms with van der Waals surface area (Å²) in [6.07, 6.45) is 2.66. The van der Waals surface area contributed by atoms with Crippen LogP contribution in [0, 0.1) is 0 Å². The van der Waals surface area contributed by atoms with Gasteiger partial charge in [-0.15, -0.1) is 0 Å². The summed E-state index contributed by atoms with van der Waals surface area (Å²) in [5, 5.41) is 9.77. The molecule has 3 aromatic rings. The summed E-state index contributed by atoms with van der Waals surface area (Å²) in [6.45, 7) is 4.83. The van der Waals surface area contributed by atoms with Gasteiger partial charge in [-0.25, -0.2) is 4.98 Å². The summed E-state index contributed by atoms with van der Waals surface area (Å²) in [5.74, 6) is 0.401. The van der Waals surface area contributed by atoms with Crippen molar-refractivity contribution in [3.8, 4) is 11.3 Å². The molecule has 1 fully saturated rings. The maximum Gasteiger partial charge on any atom is 0.269 e. The number of nitrogens with zero attached hydrogens (tertiary/aromatic N) is 3. The molecule has 2 amide bonds. The molecule has 2 aromatic heterocycles. The number of oxazole rings is 1. The number of amides is 2. The monoisotopic (exact) mass is 377 g/mol. The zero-order valence-electron chi connectivity index (χ0n) is 15.1. The molecule has 0 spiro atoms. The maximum atomic E-state index is 12.4. The van der Waals surface area contributed by atoms with Crippen LogP contribution in [0.5, 0.6) is 0 Å². The van der Waals surface area contributed by atoms with Gasteiger partial charge in [0.25, 0.3) is 5.91 Å². The number of nitrogens with one attached hydrogen (secondary N) is 2. The Morgan fingerprint density at radius 1 is 1.32 bits per heavy atom. The van der Waals surface area contributed by atoms with E-state index in [2.05, 4.69) is 27.1 Å². The highest BCUT2D eigenvalue weighted by Gasteiger charge is 2.34. The van der Waals surface area contributed by atoms with Crippen molar-refractivity contribution < 1.29 is 14.0 Å². The van der Waals surface area contributed by atoms with Gasteiger partial charge >= 0.3 is 0 Å². The van der Waals surface area contributed by atoms with Gasteiger partial charge in [-0.3, -0.25) is 14.7 Å². The van der Waals surface area contributed by atoms with E-state index in [9.17, 15) is 9.59 Å². The van der Waals surface area contributed by atoms with Crippen molar-refractivity contribution in [1.82, 2.24) is 25.4 Å². The van der Waals surface area contributed by atoms with Crippen molar-refractivity contribution in [2.75, 3.05) is 13.1 Å². The highest BCUT2D eigenvalue weighted by molar-refractivity contribution is 5.93. The van der Waals surface area contributed by atoms with Gasteiger partial charge in [0.1, 0.15) is 17.1 Å². The summed E-state index contributed by atoms with van der Waals surface area (Å²) in [6, 6.07) is 11.3. The number of aromatic amines is 1. The van der Waals surface area contributed by atoms with Crippen molar-refractivity contribution in [3.05, 3.63) is 72.6 Å². The molecule has 0 unspecified atom stereocenters. The van der Waals surface area contributed by atoms with Crippen LogP contribution in [-0.4, -0.2) is 45.0 Å². The Bertz CT molecular complexity index is 1000. The summed E-state index contributed by atoms with van der Waals surface area (Å²) >= 11 is 0. The van der Waals surface area contributed by atoms with Crippen LogP contribution in [0.1, 0.15) is 27.9 Å². The zero-order chi connectivity index (χ0) is 19.5. The van der Waals surface area contributed by atoms with Crippen LogP contribution in [0.2, 0.25) is 0 Å². The van der Waals surface area contributed by atoms with Crippen LogP contribution in [0.15, 0.2) is 59.9 Å². The van der Waals surface area contributed by atoms with Crippen molar-refractivity contribution in [1.29, 1.82) is 0 Å². The molecule has 0 saturated carbocycles. The number of carbonyl (C=O) groups is 2. The molecule has 0 aliphatic carbocycles. The molecule has 8 nitrogen and oxygen atoms in total. The van der Waals surface area contributed by atoms with Crippen molar-refractivity contribution >= 4 is 11.8 Å². The van der Waals surface area contributed by atoms with Gasteiger partial charge in [-0.1, -0.05) is 36.9 Å². The minimum absolute atomic E-state index is 0.0788. The smallest absolute Gasteiger partial charge is 0.269 e. The van der Waals surface area contributed by atoms with Gasteiger partial charge in [0.2, 0.25) is 5.91 Å². The van der Waals surface area contributed by atoms with Gasteiger partial charge in [-0.05, 0) is 12.1 Å². The Morgan fingerprint density at radius 3 is 2.86 bits per heavy atom. The quantitative estimate of drug-likeness (QED) is 0.640. The first-order chi connectivity index (χ1) is 13.7. The number of carbonyl (C=O) groups excluding carboxylic acids is 2. The lowest BCUT2D eigenvalue weighted by Crippen LogP contribution is -2.48. The highest BCUT2D eigenvalue weighted by atomic mass is 16.3. The van der Waals surface area contributed by atoms with Gasteiger partial charge in [0, 0.05) is 18.7 Å². The maximum absolute atomic E-state index is 12.4. The van der Waals surface area contributed by atoms with E-state index in [1.807, 2.05) is 30.3 Å². The molecule has 1 aliphatic heterocycles. The Kier molecular flexibility index (Phi) is 4.76. The van der Waals surface area contributed by atoms with Crippen molar-refractivity contribution in [3.63, 3.8) is 0 Å². The minimum atomic E-state index is -0.277.